The van der Waals surface area contributed by atoms with E-state index in [1.165, 1.54) is 22.3 Å². The summed E-state index contributed by atoms with van der Waals surface area (Å²) in [4.78, 5) is 0. The molecule has 0 radical (unpaired) electrons. The molecule has 2 aromatic carbocycles. The van der Waals surface area contributed by atoms with Crippen molar-refractivity contribution in [1.82, 2.24) is 5.32 Å². The molecule has 2 aliphatic rings. The number of nitrogens with one attached hydrogen (secondary N) is 1. The van der Waals surface area contributed by atoms with Gasteiger partial charge in [-0.05, 0) is 41.2 Å². The number of rotatable bonds is 4. The molecule has 2 N–H and O–H groups in total. The van der Waals surface area contributed by atoms with Gasteiger partial charge in [0, 0.05) is 13.0 Å². The topological polar surface area (TPSA) is 41.5 Å². The Labute approximate surface area is 130 Å². The van der Waals surface area contributed by atoms with E-state index in [4.69, 9.17) is 4.74 Å². The highest BCUT2D eigenvalue weighted by molar-refractivity contribution is 5.41. The Bertz CT molecular complexity index is 698. The van der Waals surface area contributed by atoms with Gasteiger partial charge in [-0.15, -0.1) is 0 Å². The average molecular weight is 295 g/mol. The first-order chi connectivity index (χ1) is 10.8. The fourth-order valence-electron chi connectivity index (χ4n) is 3.71. The molecule has 0 unspecified atom stereocenters. The highest BCUT2D eigenvalue weighted by Crippen LogP contribution is 2.37. The summed E-state index contributed by atoms with van der Waals surface area (Å²) in [5.41, 5.74) is 4.85. The van der Waals surface area contributed by atoms with Gasteiger partial charge in [0.2, 0.25) is 0 Å². The predicted molar refractivity (Wildman–Crippen MR) is 86.0 cm³/mol. The van der Waals surface area contributed by atoms with E-state index < -0.39 is 0 Å². The van der Waals surface area contributed by atoms with Crippen molar-refractivity contribution < 1.29 is 9.84 Å². The zero-order valence-corrected chi connectivity index (χ0v) is 12.6. The van der Waals surface area contributed by atoms with Crippen molar-refractivity contribution in [3.8, 4) is 5.75 Å². The zero-order chi connectivity index (χ0) is 15.0. The fourth-order valence-corrected chi connectivity index (χ4v) is 3.71. The van der Waals surface area contributed by atoms with E-state index >= 15 is 0 Å². The van der Waals surface area contributed by atoms with Crippen LogP contribution in [-0.2, 0) is 24.9 Å². The SMILES string of the molecule is OC[C@]1(NCc2ccc3c(c2)CCO3)CCc2ccccc21. The molecule has 0 fully saturated rings. The van der Waals surface area contributed by atoms with Crippen LogP contribution in [0, 0.1) is 0 Å². The number of ether oxygens (including phenoxy) is 1. The second kappa shape index (κ2) is 5.41. The summed E-state index contributed by atoms with van der Waals surface area (Å²) in [5.74, 6) is 1.02. The lowest BCUT2D eigenvalue weighted by molar-refractivity contribution is 0.159. The van der Waals surface area contributed by atoms with Crippen LogP contribution in [0.15, 0.2) is 42.5 Å². The van der Waals surface area contributed by atoms with Crippen LogP contribution >= 0.6 is 0 Å². The molecule has 0 saturated heterocycles. The standard InChI is InChI=1S/C19H21NO2/c21-13-19(9-7-15-3-1-2-4-17(15)19)20-12-14-5-6-18-16(11-14)8-10-22-18/h1-6,11,20-21H,7-10,12-13H2/t19-/m1/s1. The van der Waals surface area contributed by atoms with E-state index in [-0.39, 0.29) is 12.1 Å². The Morgan fingerprint density at radius 3 is 2.91 bits per heavy atom. The number of benzene rings is 2. The molecule has 0 aromatic heterocycles. The molecule has 1 atom stereocenters. The van der Waals surface area contributed by atoms with Crippen molar-refractivity contribution in [3.05, 3.63) is 64.7 Å². The van der Waals surface area contributed by atoms with Gasteiger partial charge in [0.25, 0.3) is 0 Å². The van der Waals surface area contributed by atoms with Crippen LogP contribution in [-0.4, -0.2) is 18.3 Å². The van der Waals surface area contributed by atoms with E-state index in [0.29, 0.717) is 0 Å². The van der Waals surface area contributed by atoms with Crippen LogP contribution in [0.5, 0.6) is 5.75 Å². The maximum absolute atomic E-state index is 10.0. The van der Waals surface area contributed by atoms with Crippen LogP contribution in [0.2, 0.25) is 0 Å². The number of aliphatic hydroxyl groups is 1. The highest BCUT2D eigenvalue weighted by atomic mass is 16.5. The van der Waals surface area contributed by atoms with Gasteiger partial charge in [-0.25, -0.2) is 0 Å². The summed E-state index contributed by atoms with van der Waals surface area (Å²) in [6, 6.07) is 14.8. The summed E-state index contributed by atoms with van der Waals surface area (Å²) in [6.07, 6.45) is 2.98. The number of hydrogen-bond donors (Lipinski definition) is 2. The van der Waals surface area contributed by atoms with Gasteiger partial charge in [-0.3, -0.25) is 0 Å². The second-order valence-electron chi connectivity index (χ2n) is 6.29. The summed E-state index contributed by atoms with van der Waals surface area (Å²) >= 11 is 0. The third-order valence-electron chi connectivity index (χ3n) is 5.01. The number of hydrogen-bond acceptors (Lipinski definition) is 3. The fraction of sp³-hybridized carbons (Fsp3) is 0.368. The van der Waals surface area contributed by atoms with Crippen LogP contribution in [0.1, 0.15) is 28.7 Å². The van der Waals surface area contributed by atoms with E-state index in [9.17, 15) is 5.11 Å². The Balaban J connectivity index is 1.55. The lowest BCUT2D eigenvalue weighted by atomic mass is 9.92. The molecule has 2 aromatic rings. The molecule has 114 valence electrons. The average Bonchev–Trinajstić information content (AvgIpc) is 3.18. The lowest BCUT2D eigenvalue weighted by Crippen LogP contribution is -2.43. The van der Waals surface area contributed by atoms with Crippen molar-refractivity contribution in [2.75, 3.05) is 13.2 Å². The molecule has 1 aliphatic heterocycles. The Kier molecular flexibility index (Phi) is 3.40. The molecule has 3 heteroatoms. The molecular formula is C19H21NO2. The van der Waals surface area contributed by atoms with Crippen molar-refractivity contribution >= 4 is 0 Å². The van der Waals surface area contributed by atoms with E-state index in [1.807, 2.05) is 0 Å². The van der Waals surface area contributed by atoms with E-state index in [0.717, 1.165) is 38.2 Å². The summed E-state index contributed by atoms with van der Waals surface area (Å²) in [6.45, 7) is 1.69. The van der Waals surface area contributed by atoms with Crippen LogP contribution < -0.4 is 10.1 Å². The van der Waals surface area contributed by atoms with Crippen molar-refractivity contribution in [2.45, 2.75) is 31.3 Å². The van der Waals surface area contributed by atoms with Crippen molar-refractivity contribution in [1.29, 1.82) is 0 Å². The number of aliphatic hydroxyl groups excluding tert-OH is 1. The molecule has 0 amide bonds. The minimum absolute atomic E-state index is 0.137. The molecule has 3 nitrogen and oxygen atoms in total. The molecule has 0 saturated carbocycles. The van der Waals surface area contributed by atoms with Gasteiger partial charge in [-0.1, -0.05) is 36.4 Å². The molecular weight excluding hydrogens is 274 g/mol. The Morgan fingerprint density at radius 2 is 2.00 bits per heavy atom. The summed E-state index contributed by atoms with van der Waals surface area (Å²) in [7, 11) is 0. The van der Waals surface area contributed by atoms with Crippen molar-refractivity contribution in [3.63, 3.8) is 0 Å². The Hall–Kier alpha value is -1.84. The maximum Gasteiger partial charge on any atom is 0.122 e. The van der Waals surface area contributed by atoms with Gasteiger partial charge < -0.3 is 15.2 Å². The van der Waals surface area contributed by atoms with E-state index in [2.05, 4.69) is 47.8 Å². The van der Waals surface area contributed by atoms with Gasteiger partial charge in [0.05, 0.1) is 18.8 Å². The normalized spacial score (nSPS) is 22.2. The predicted octanol–water partition coefficient (Wildman–Crippen LogP) is 2.55. The second-order valence-corrected chi connectivity index (χ2v) is 6.29. The third-order valence-corrected chi connectivity index (χ3v) is 5.01. The molecule has 0 bridgehead atoms. The van der Waals surface area contributed by atoms with Crippen LogP contribution in [0.3, 0.4) is 0 Å². The summed E-state index contributed by atoms with van der Waals surface area (Å²) in [5, 5.41) is 13.6. The quantitative estimate of drug-likeness (QED) is 0.911. The molecule has 1 heterocycles. The minimum Gasteiger partial charge on any atom is -0.493 e. The lowest BCUT2D eigenvalue weighted by Gasteiger charge is -2.30. The van der Waals surface area contributed by atoms with Crippen LogP contribution in [0.25, 0.3) is 0 Å². The van der Waals surface area contributed by atoms with Gasteiger partial charge in [0.1, 0.15) is 5.75 Å². The third kappa shape index (κ3) is 2.21. The van der Waals surface area contributed by atoms with Gasteiger partial charge in [0.15, 0.2) is 0 Å². The molecule has 0 spiro atoms. The first kappa shape index (κ1) is 13.8. The van der Waals surface area contributed by atoms with Crippen LogP contribution in [0.4, 0.5) is 0 Å². The van der Waals surface area contributed by atoms with Gasteiger partial charge in [-0.2, -0.15) is 0 Å². The largest absolute Gasteiger partial charge is 0.493 e. The monoisotopic (exact) mass is 295 g/mol. The molecule has 1 aliphatic carbocycles. The molecule has 4 rings (SSSR count). The van der Waals surface area contributed by atoms with Crippen molar-refractivity contribution in [2.24, 2.45) is 0 Å². The maximum atomic E-state index is 10.0. The number of fused-ring (bicyclic) bond motifs is 2. The minimum atomic E-state index is -0.299. The summed E-state index contributed by atoms with van der Waals surface area (Å²) < 4.78 is 5.56. The highest BCUT2D eigenvalue weighted by Gasteiger charge is 2.37. The first-order valence-corrected chi connectivity index (χ1v) is 8.00. The van der Waals surface area contributed by atoms with Gasteiger partial charge >= 0.3 is 0 Å². The Morgan fingerprint density at radius 1 is 1.09 bits per heavy atom. The zero-order valence-electron chi connectivity index (χ0n) is 12.6. The smallest absolute Gasteiger partial charge is 0.122 e. The molecule has 22 heavy (non-hydrogen) atoms. The number of aryl methyl sites for hydroxylation is 1. The first-order valence-electron chi connectivity index (χ1n) is 8.00. The van der Waals surface area contributed by atoms with E-state index in [1.54, 1.807) is 0 Å².